The van der Waals surface area contributed by atoms with Crippen LogP contribution in [0.25, 0.3) is 0 Å². The molecule has 1 aliphatic rings. The van der Waals surface area contributed by atoms with Crippen molar-refractivity contribution in [2.75, 3.05) is 18.1 Å². The van der Waals surface area contributed by atoms with E-state index in [0.717, 1.165) is 19.3 Å². The number of aliphatic hydroxyl groups excluding tert-OH is 1. The number of carbonyl (C=O) groups excluding carboxylic acids is 2. The summed E-state index contributed by atoms with van der Waals surface area (Å²) >= 11 is 1.43. The van der Waals surface area contributed by atoms with Gasteiger partial charge in [-0.25, -0.2) is 4.79 Å². The van der Waals surface area contributed by atoms with Gasteiger partial charge in [0.25, 0.3) is 0 Å². The van der Waals surface area contributed by atoms with Gasteiger partial charge < -0.3 is 10.4 Å². The lowest BCUT2D eigenvalue weighted by Crippen LogP contribution is -2.48. The molecule has 0 heterocycles. The number of thioether (sulfide) groups is 1. The Morgan fingerprint density at radius 1 is 1.35 bits per heavy atom. The maximum absolute atomic E-state index is 11.7. The van der Waals surface area contributed by atoms with E-state index in [2.05, 4.69) is 17.6 Å². The van der Waals surface area contributed by atoms with Gasteiger partial charge in [0.1, 0.15) is 0 Å². The Kier molecular flexibility index (Phi) is 7.99. The summed E-state index contributed by atoms with van der Waals surface area (Å²) in [6.07, 6.45) is 4.48. The van der Waals surface area contributed by atoms with Crippen molar-refractivity contribution >= 4 is 23.7 Å². The first-order chi connectivity index (χ1) is 9.52. The molecule has 6 heteroatoms. The maximum Gasteiger partial charge on any atom is 0.321 e. The summed E-state index contributed by atoms with van der Waals surface area (Å²) in [5, 5.41) is 14.1. The first-order valence-electron chi connectivity index (χ1n) is 7.32. The fraction of sp³-hybridized carbons (Fsp3) is 0.857. The average molecular weight is 302 g/mol. The molecule has 1 saturated carbocycles. The van der Waals surface area contributed by atoms with E-state index >= 15 is 0 Å². The van der Waals surface area contributed by atoms with Crippen LogP contribution in [0.5, 0.6) is 0 Å². The highest BCUT2D eigenvalue weighted by Gasteiger charge is 2.23. The Morgan fingerprint density at radius 2 is 2.05 bits per heavy atom. The van der Waals surface area contributed by atoms with Crippen LogP contribution in [0.3, 0.4) is 0 Å². The topological polar surface area (TPSA) is 78.4 Å². The highest BCUT2D eigenvalue weighted by atomic mass is 32.2. The lowest BCUT2D eigenvalue weighted by Gasteiger charge is -2.29. The Morgan fingerprint density at radius 3 is 2.70 bits per heavy atom. The smallest absolute Gasteiger partial charge is 0.321 e. The van der Waals surface area contributed by atoms with Crippen molar-refractivity contribution in [3.63, 3.8) is 0 Å². The summed E-state index contributed by atoms with van der Waals surface area (Å²) in [7, 11) is 0. The van der Waals surface area contributed by atoms with Gasteiger partial charge in [-0.2, -0.15) is 11.8 Å². The second kappa shape index (κ2) is 9.23. The molecule has 3 amide bonds. The van der Waals surface area contributed by atoms with Gasteiger partial charge in [0, 0.05) is 12.6 Å². The molecule has 0 spiro atoms. The molecule has 0 unspecified atom stereocenters. The summed E-state index contributed by atoms with van der Waals surface area (Å²) in [6.45, 7) is 4.18. The Hall–Kier alpha value is -0.750. The van der Waals surface area contributed by atoms with Gasteiger partial charge in [-0.15, -0.1) is 0 Å². The maximum atomic E-state index is 11.7. The molecular formula is C14H26N2O3S. The number of aliphatic hydroxyl groups is 1. The lowest BCUT2D eigenvalue weighted by atomic mass is 9.86. The van der Waals surface area contributed by atoms with Gasteiger partial charge in [-0.1, -0.05) is 26.7 Å². The van der Waals surface area contributed by atoms with Crippen LogP contribution in [0.15, 0.2) is 0 Å². The molecular weight excluding hydrogens is 276 g/mol. The monoisotopic (exact) mass is 302 g/mol. The molecule has 0 radical (unpaired) electrons. The highest BCUT2D eigenvalue weighted by molar-refractivity contribution is 7.99. The molecule has 1 fully saturated rings. The predicted molar refractivity (Wildman–Crippen MR) is 81.7 cm³/mol. The zero-order chi connectivity index (χ0) is 15.0. The molecule has 0 aliphatic heterocycles. The van der Waals surface area contributed by atoms with Gasteiger partial charge >= 0.3 is 6.03 Å². The van der Waals surface area contributed by atoms with E-state index in [4.69, 9.17) is 5.11 Å². The molecule has 1 aliphatic carbocycles. The fourth-order valence-electron chi connectivity index (χ4n) is 2.30. The molecule has 0 aromatic rings. The van der Waals surface area contributed by atoms with Crippen LogP contribution in [0.2, 0.25) is 0 Å². The van der Waals surface area contributed by atoms with Crippen molar-refractivity contribution in [3.05, 3.63) is 0 Å². The average Bonchev–Trinajstić information content (AvgIpc) is 2.41. The van der Waals surface area contributed by atoms with E-state index in [-0.39, 0.29) is 36.3 Å². The number of rotatable bonds is 6. The second-order valence-electron chi connectivity index (χ2n) is 5.69. The van der Waals surface area contributed by atoms with Crippen LogP contribution in [0, 0.1) is 11.8 Å². The van der Waals surface area contributed by atoms with E-state index in [1.54, 1.807) is 0 Å². The van der Waals surface area contributed by atoms with Crippen molar-refractivity contribution < 1.29 is 14.7 Å². The van der Waals surface area contributed by atoms with E-state index in [9.17, 15) is 9.59 Å². The van der Waals surface area contributed by atoms with Crippen molar-refractivity contribution in [3.8, 4) is 0 Å². The number of amides is 3. The quantitative estimate of drug-likeness (QED) is 0.698. The normalized spacial score (nSPS) is 23.9. The van der Waals surface area contributed by atoms with E-state index < -0.39 is 0 Å². The van der Waals surface area contributed by atoms with Crippen LogP contribution < -0.4 is 10.6 Å². The van der Waals surface area contributed by atoms with E-state index in [1.165, 1.54) is 18.2 Å². The molecule has 116 valence electrons. The van der Waals surface area contributed by atoms with Crippen molar-refractivity contribution in [2.24, 2.45) is 11.8 Å². The minimum Gasteiger partial charge on any atom is -0.396 e. The SMILES string of the molecule is C[C@H](CO)CSCC(=O)NC(=O)N[C@@H]1CCCC[C@@H]1C. The number of carbonyl (C=O) groups is 2. The molecule has 5 nitrogen and oxygen atoms in total. The number of hydrogen-bond donors (Lipinski definition) is 3. The third-order valence-corrected chi connectivity index (χ3v) is 4.90. The largest absolute Gasteiger partial charge is 0.396 e. The minimum atomic E-state index is -0.385. The Bertz CT molecular complexity index is 326. The fourth-order valence-corrected chi connectivity index (χ4v) is 3.19. The van der Waals surface area contributed by atoms with Crippen LogP contribution in [0.4, 0.5) is 4.79 Å². The zero-order valence-corrected chi connectivity index (χ0v) is 13.2. The van der Waals surface area contributed by atoms with Gasteiger partial charge in [-0.3, -0.25) is 10.1 Å². The molecule has 0 aromatic heterocycles. The zero-order valence-electron chi connectivity index (χ0n) is 12.4. The van der Waals surface area contributed by atoms with Crippen molar-refractivity contribution in [2.45, 2.75) is 45.6 Å². The number of urea groups is 1. The molecule has 0 saturated heterocycles. The Labute approximate surface area is 125 Å². The number of hydrogen-bond acceptors (Lipinski definition) is 4. The van der Waals surface area contributed by atoms with Crippen LogP contribution in [-0.2, 0) is 4.79 Å². The standard InChI is InChI=1S/C14H26N2O3S/c1-10(7-17)8-20-9-13(18)16-14(19)15-12-6-4-3-5-11(12)2/h10-12,17H,3-9H2,1-2H3,(H2,15,16,18,19)/t10-,11+,12-/m1/s1. The highest BCUT2D eigenvalue weighted by Crippen LogP contribution is 2.23. The molecule has 1 rings (SSSR count). The van der Waals surface area contributed by atoms with E-state index in [0.29, 0.717) is 11.7 Å². The van der Waals surface area contributed by atoms with Gasteiger partial charge in [-0.05, 0) is 30.4 Å². The third-order valence-electron chi connectivity index (χ3n) is 3.63. The summed E-state index contributed by atoms with van der Waals surface area (Å²) in [5.74, 6) is 1.33. The summed E-state index contributed by atoms with van der Waals surface area (Å²) in [5.41, 5.74) is 0. The van der Waals surface area contributed by atoms with E-state index in [1.807, 2.05) is 6.92 Å². The summed E-state index contributed by atoms with van der Waals surface area (Å²) in [4.78, 5) is 23.3. The van der Waals surface area contributed by atoms with Crippen LogP contribution >= 0.6 is 11.8 Å². The van der Waals surface area contributed by atoms with Gasteiger partial charge in [0.15, 0.2) is 0 Å². The van der Waals surface area contributed by atoms with Crippen LogP contribution in [-0.4, -0.2) is 41.2 Å². The van der Waals surface area contributed by atoms with Crippen LogP contribution in [0.1, 0.15) is 39.5 Å². The lowest BCUT2D eigenvalue weighted by molar-refractivity contribution is -0.117. The van der Waals surface area contributed by atoms with Crippen molar-refractivity contribution in [1.82, 2.24) is 10.6 Å². The third kappa shape index (κ3) is 6.61. The number of nitrogens with one attached hydrogen (secondary N) is 2. The predicted octanol–water partition coefficient (Wildman–Crippen LogP) is 1.75. The first-order valence-corrected chi connectivity index (χ1v) is 8.47. The Balaban J connectivity index is 2.19. The molecule has 20 heavy (non-hydrogen) atoms. The van der Waals surface area contributed by atoms with Gasteiger partial charge in [0.2, 0.25) is 5.91 Å². The summed E-state index contributed by atoms with van der Waals surface area (Å²) < 4.78 is 0. The minimum absolute atomic E-state index is 0.120. The molecule has 3 N–H and O–H groups in total. The molecule has 3 atom stereocenters. The summed E-state index contributed by atoms with van der Waals surface area (Å²) in [6, 6.07) is -0.205. The second-order valence-corrected chi connectivity index (χ2v) is 6.72. The van der Waals surface area contributed by atoms with Gasteiger partial charge in [0.05, 0.1) is 5.75 Å². The first kappa shape index (κ1) is 17.3. The molecule has 0 bridgehead atoms. The number of imide groups is 1. The molecule has 0 aromatic carbocycles. The van der Waals surface area contributed by atoms with Crippen molar-refractivity contribution in [1.29, 1.82) is 0 Å².